The topological polar surface area (TPSA) is 9.72 Å². The average molecular weight is 368 g/mol. The molecule has 1 atom stereocenters. The Balaban J connectivity index is 1.28. The number of hydrogen-bond acceptors (Lipinski definition) is 3. The summed E-state index contributed by atoms with van der Waals surface area (Å²) in [5.41, 5.74) is 1.16. The van der Waals surface area contributed by atoms with Crippen molar-refractivity contribution >= 4 is 28.9 Å². The van der Waals surface area contributed by atoms with Gasteiger partial charge in [-0.2, -0.15) is 0 Å². The van der Waals surface area contributed by atoms with Crippen molar-refractivity contribution in [1.29, 1.82) is 0 Å². The first-order valence-corrected chi connectivity index (χ1v) is 10.1. The van der Waals surface area contributed by atoms with Gasteiger partial charge in [0.25, 0.3) is 0 Å². The minimum absolute atomic E-state index is 0.724. The van der Waals surface area contributed by atoms with E-state index in [9.17, 15) is 0 Å². The zero-order valence-corrected chi connectivity index (χ0v) is 15.8. The maximum Gasteiger partial charge on any atom is 0.0441 e. The van der Waals surface area contributed by atoms with Gasteiger partial charge in [0.1, 0.15) is 0 Å². The van der Waals surface area contributed by atoms with Crippen molar-refractivity contribution in [2.45, 2.75) is 31.7 Å². The highest BCUT2D eigenvalue weighted by Gasteiger charge is 2.33. The molecule has 5 heteroatoms. The highest BCUT2D eigenvalue weighted by Crippen LogP contribution is 2.31. The molecule has 2 heterocycles. The fraction of sp³-hybridized carbons (Fsp3) is 0.684. The van der Waals surface area contributed by atoms with Crippen molar-refractivity contribution in [3.05, 3.63) is 28.2 Å². The van der Waals surface area contributed by atoms with Crippen molar-refractivity contribution in [2.24, 2.45) is 5.92 Å². The number of piperidine rings is 1. The van der Waals surface area contributed by atoms with Gasteiger partial charge in [-0.05, 0) is 56.3 Å². The van der Waals surface area contributed by atoms with Gasteiger partial charge < -0.3 is 9.80 Å². The summed E-state index contributed by atoms with van der Waals surface area (Å²) < 4.78 is 0. The van der Waals surface area contributed by atoms with Crippen molar-refractivity contribution in [2.75, 3.05) is 50.7 Å². The monoisotopic (exact) mass is 367 g/mol. The lowest BCUT2D eigenvalue weighted by Crippen LogP contribution is -2.49. The summed E-state index contributed by atoms with van der Waals surface area (Å²) in [4.78, 5) is 7.81. The van der Waals surface area contributed by atoms with Crippen LogP contribution < -0.4 is 4.90 Å². The van der Waals surface area contributed by atoms with E-state index >= 15 is 0 Å². The fourth-order valence-electron chi connectivity index (χ4n) is 4.29. The van der Waals surface area contributed by atoms with Crippen LogP contribution in [0.4, 0.5) is 5.69 Å². The molecule has 2 aliphatic heterocycles. The van der Waals surface area contributed by atoms with E-state index in [-0.39, 0.29) is 0 Å². The number of benzene rings is 1. The molecule has 2 saturated heterocycles. The largest absolute Gasteiger partial charge is 0.369 e. The van der Waals surface area contributed by atoms with Crippen LogP contribution in [0, 0.1) is 5.92 Å². The molecule has 4 rings (SSSR count). The molecule has 1 aromatic rings. The molecule has 0 amide bonds. The molecule has 0 spiro atoms. The first-order chi connectivity index (χ1) is 11.7. The van der Waals surface area contributed by atoms with Crippen molar-refractivity contribution in [3.63, 3.8) is 0 Å². The van der Waals surface area contributed by atoms with Gasteiger partial charge in [-0.1, -0.05) is 23.2 Å². The molecule has 3 nitrogen and oxygen atoms in total. The van der Waals surface area contributed by atoms with Gasteiger partial charge in [0.15, 0.2) is 0 Å². The molecule has 1 aromatic carbocycles. The van der Waals surface area contributed by atoms with Gasteiger partial charge in [-0.25, -0.2) is 0 Å². The number of anilines is 1. The van der Waals surface area contributed by atoms with Crippen molar-refractivity contribution < 1.29 is 0 Å². The van der Waals surface area contributed by atoms with E-state index in [1.165, 1.54) is 45.3 Å². The maximum absolute atomic E-state index is 6.14. The molecule has 1 aliphatic carbocycles. The Morgan fingerprint density at radius 1 is 0.875 bits per heavy atom. The Labute approximate surface area is 155 Å². The van der Waals surface area contributed by atoms with Crippen LogP contribution in [0.5, 0.6) is 0 Å². The molecule has 0 N–H and O–H groups in total. The van der Waals surface area contributed by atoms with E-state index < -0.39 is 0 Å². The van der Waals surface area contributed by atoms with Gasteiger partial charge >= 0.3 is 0 Å². The van der Waals surface area contributed by atoms with E-state index in [2.05, 4.69) is 14.7 Å². The zero-order valence-electron chi connectivity index (χ0n) is 14.3. The van der Waals surface area contributed by atoms with E-state index in [1.54, 1.807) is 6.07 Å². The first kappa shape index (κ1) is 17.0. The number of piperazine rings is 1. The second kappa shape index (κ2) is 7.41. The Bertz CT molecular complexity index is 547. The van der Waals surface area contributed by atoms with Crippen LogP contribution in [-0.4, -0.2) is 61.7 Å². The van der Waals surface area contributed by atoms with Gasteiger partial charge in [0.2, 0.25) is 0 Å². The summed E-state index contributed by atoms with van der Waals surface area (Å²) in [6.07, 6.45) is 5.68. The van der Waals surface area contributed by atoms with Gasteiger partial charge in [0, 0.05) is 61.0 Å². The summed E-state index contributed by atoms with van der Waals surface area (Å²) in [7, 11) is 0. The van der Waals surface area contributed by atoms with E-state index in [4.69, 9.17) is 23.2 Å². The molecule has 24 heavy (non-hydrogen) atoms. The summed E-state index contributed by atoms with van der Waals surface area (Å²) in [5, 5.41) is 1.45. The molecule has 3 fully saturated rings. The Hall–Kier alpha value is -0.480. The standard InChI is InChI=1S/C19H27Cl2N3/c20-16-10-17(21)12-19(11-16)23-8-6-22(7-9-23)13-15-2-1-5-24(14-15)18-3-4-18/h10-12,15,18H,1-9,13-14H2. The third kappa shape index (κ3) is 4.19. The normalized spacial score (nSPS) is 26.8. The number of likely N-dealkylation sites (tertiary alicyclic amines) is 1. The maximum atomic E-state index is 6.14. The average Bonchev–Trinajstić information content (AvgIpc) is 3.40. The summed E-state index contributed by atoms with van der Waals surface area (Å²) in [5.74, 6) is 0.867. The minimum atomic E-state index is 0.724. The molecule has 132 valence electrons. The molecule has 1 saturated carbocycles. The van der Waals surface area contributed by atoms with E-state index in [0.717, 1.165) is 53.9 Å². The first-order valence-electron chi connectivity index (χ1n) is 9.35. The Kier molecular flexibility index (Phi) is 5.24. The van der Waals surface area contributed by atoms with Gasteiger partial charge in [-0.3, -0.25) is 4.90 Å². The minimum Gasteiger partial charge on any atom is -0.369 e. The van der Waals surface area contributed by atoms with E-state index in [1.807, 2.05) is 12.1 Å². The lowest BCUT2D eigenvalue weighted by Gasteiger charge is -2.40. The molecule has 3 aliphatic rings. The van der Waals surface area contributed by atoms with Crippen LogP contribution in [0.1, 0.15) is 25.7 Å². The number of hydrogen-bond donors (Lipinski definition) is 0. The zero-order chi connectivity index (χ0) is 16.5. The Morgan fingerprint density at radius 3 is 2.25 bits per heavy atom. The third-order valence-electron chi connectivity index (χ3n) is 5.71. The summed E-state index contributed by atoms with van der Waals surface area (Å²) in [6.45, 7) is 8.35. The van der Waals surface area contributed by atoms with Crippen molar-refractivity contribution in [1.82, 2.24) is 9.80 Å². The predicted molar refractivity (Wildman–Crippen MR) is 102 cm³/mol. The summed E-state index contributed by atoms with van der Waals surface area (Å²) >= 11 is 12.3. The van der Waals surface area contributed by atoms with Crippen LogP contribution in [-0.2, 0) is 0 Å². The number of nitrogens with zero attached hydrogens (tertiary/aromatic N) is 3. The lowest BCUT2D eigenvalue weighted by molar-refractivity contribution is 0.124. The second-order valence-corrected chi connectivity index (χ2v) is 8.52. The smallest absolute Gasteiger partial charge is 0.0441 e. The molecule has 0 radical (unpaired) electrons. The molecular formula is C19H27Cl2N3. The predicted octanol–water partition coefficient (Wildman–Crippen LogP) is 3.99. The fourth-order valence-corrected chi connectivity index (χ4v) is 4.81. The molecular weight excluding hydrogens is 341 g/mol. The third-order valence-corrected chi connectivity index (χ3v) is 6.15. The Morgan fingerprint density at radius 2 is 1.58 bits per heavy atom. The molecule has 0 aromatic heterocycles. The lowest BCUT2D eigenvalue weighted by atomic mass is 9.97. The van der Waals surface area contributed by atoms with Crippen LogP contribution in [0.25, 0.3) is 0 Å². The summed E-state index contributed by atoms with van der Waals surface area (Å²) in [6, 6.07) is 6.78. The van der Waals surface area contributed by atoms with E-state index in [0.29, 0.717) is 0 Å². The molecule has 1 unspecified atom stereocenters. The van der Waals surface area contributed by atoms with Gasteiger partial charge in [0.05, 0.1) is 0 Å². The van der Waals surface area contributed by atoms with Crippen LogP contribution >= 0.6 is 23.2 Å². The highest BCUT2D eigenvalue weighted by molar-refractivity contribution is 6.35. The van der Waals surface area contributed by atoms with Gasteiger partial charge in [-0.15, -0.1) is 0 Å². The number of halogens is 2. The van der Waals surface area contributed by atoms with Crippen LogP contribution in [0.3, 0.4) is 0 Å². The van der Waals surface area contributed by atoms with Crippen LogP contribution in [0.15, 0.2) is 18.2 Å². The highest BCUT2D eigenvalue weighted by atomic mass is 35.5. The second-order valence-electron chi connectivity index (χ2n) is 7.65. The number of rotatable bonds is 4. The van der Waals surface area contributed by atoms with Crippen LogP contribution in [0.2, 0.25) is 10.0 Å². The quantitative estimate of drug-likeness (QED) is 0.796. The SMILES string of the molecule is Clc1cc(Cl)cc(N2CCN(CC3CCCN(C4CC4)C3)CC2)c1. The van der Waals surface area contributed by atoms with Crippen molar-refractivity contribution in [3.8, 4) is 0 Å². The molecule has 0 bridgehead atoms.